The van der Waals surface area contributed by atoms with E-state index in [0.717, 1.165) is 0 Å². The summed E-state index contributed by atoms with van der Waals surface area (Å²) < 4.78 is 14.9. The van der Waals surface area contributed by atoms with Crippen LogP contribution in [0.1, 0.15) is 63.0 Å². The normalized spacial score (nSPS) is 12.5. The van der Waals surface area contributed by atoms with Crippen molar-refractivity contribution in [1.82, 2.24) is 5.32 Å². The molecule has 2 N–H and O–H groups in total. The molecule has 0 heterocycles. The Morgan fingerprint density at radius 1 is 0.943 bits per heavy atom. The highest BCUT2D eigenvalue weighted by Crippen LogP contribution is 2.40. The number of carbonyl (C=O) groups excluding carboxylic acids is 3. The van der Waals surface area contributed by atoms with Crippen molar-refractivity contribution in [2.75, 3.05) is 14.2 Å². The number of ether oxygens (including phenoxy) is 3. The molecule has 0 saturated carbocycles. The number of carbonyl (C=O) groups is 3. The largest absolute Gasteiger partial charge is 0.507 e. The van der Waals surface area contributed by atoms with Gasteiger partial charge in [0.25, 0.3) is 0 Å². The van der Waals surface area contributed by atoms with E-state index in [1.807, 2.05) is 26.8 Å². The zero-order chi connectivity index (χ0) is 26.6. The van der Waals surface area contributed by atoms with E-state index < -0.39 is 35.1 Å². The Labute approximate surface area is 206 Å². The predicted molar refractivity (Wildman–Crippen MR) is 132 cm³/mol. The van der Waals surface area contributed by atoms with Crippen LogP contribution < -0.4 is 5.32 Å². The predicted octanol–water partition coefficient (Wildman–Crippen LogP) is 4.75. The molecule has 1 unspecified atom stereocenters. The van der Waals surface area contributed by atoms with Gasteiger partial charge in [0.1, 0.15) is 17.4 Å². The van der Waals surface area contributed by atoms with Gasteiger partial charge in [0, 0.05) is 17.5 Å². The molecule has 2 aromatic carbocycles. The molecule has 0 fully saturated rings. The second-order valence-corrected chi connectivity index (χ2v) is 10.3. The number of methoxy groups -OCH3 is 2. The number of hydrogen-bond donors (Lipinski definition) is 2. The molecule has 2 aromatic rings. The van der Waals surface area contributed by atoms with E-state index in [0.29, 0.717) is 27.8 Å². The first-order valence-electron chi connectivity index (χ1n) is 11.3. The lowest BCUT2D eigenvalue weighted by atomic mass is 9.82. The number of nitrogens with one attached hydrogen (secondary N) is 1. The molecular formula is C27H35NO7. The number of hydrogen-bond acceptors (Lipinski definition) is 7. The molecule has 2 rings (SSSR count). The first-order valence-corrected chi connectivity index (χ1v) is 11.3. The van der Waals surface area contributed by atoms with Crippen molar-refractivity contribution in [3.8, 4) is 16.9 Å². The maximum Gasteiger partial charge on any atom is 0.408 e. The van der Waals surface area contributed by atoms with Crippen LogP contribution in [0.2, 0.25) is 0 Å². The molecule has 8 nitrogen and oxygen atoms in total. The van der Waals surface area contributed by atoms with Gasteiger partial charge in [0.2, 0.25) is 0 Å². The molecule has 0 bridgehead atoms. The molecule has 0 saturated heterocycles. The van der Waals surface area contributed by atoms with E-state index in [-0.39, 0.29) is 12.2 Å². The van der Waals surface area contributed by atoms with Crippen molar-refractivity contribution in [3.05, 3.63) is 53.1 Å². The van der Waals surface area contributed by atoms with E-state index in [9.17, 15) is 19.5 Å². The fraction of sp³-hybridized carbons (Fsp3) is 0.444. The van der Waals surface area contributed by atoms with E-state index >= 15 is 0 Å². The van der Waals surface area contributed by atoms with Crippen molar-refractivity contribution in [1.29, 1.82) is 0 Å². The van der Waals surface area contributed by atoms with Gasteiger partial charge in [-0.25, -0.2) is 14.4 Å². The molecule has 35 heavy (non-hydrogen) atoms. The van der Waals surface area contributed by atoms with Crippen molar-refractivity contribution < 1.29 is 33.7 Å². The summed E-state index contributed by atoms with van der Waals surface area (Å²) in [7, 11) is 2.56. The summed E-state index contributed by atoms with van der Waals surface area (Å²) >= 11 is 0. The summed E-state index contributed by atoms with van der Waals surface area (Å²) in [5.41, 5.74) is 1.82. The number of alkyl carbamates (subject to hydrolysis) is 1. The maximum atomic E-state index is 12.5. The van der Waals surface area contributed by atoms with E-state index in [1.54, 1.807) is 51.1 Å². The van der Waals surface area contributed by atoms with Crippen molar-refractivity contribution >= 4 is 18.0 Å². The third-order valence-corrected chi connectivity index (χ3v) is 5.21. The van der Waals surface area contributed by atoms with Gasteiger partial charge in [-0.3, -0.25) is 0 Å². The summed E-state index contributed by atoms with van der Waals surface area (Å²) in [6.07, 6.45) is -0.621. The van der Waals surface area contributed by atoms with E-state index in [4.69, 9.17) is 14.2 Å². The minimum atomic E-state index is -0.998. The third kappa shape index (κ3) is 7.47. The Kier molecular flexibility index (Phi) is 8.55. The van der Waals surface area contributed by atoms with Crippen molar-refractivity contribution in [2.45, 2.75) is 65.0 Å². The van der Waals surface area contributed by atoms with Crippen LogP contribution in [0, 0.1) is 0 Å². The van der Waals surface area contributed by atoms with Crippen LogP contribution >= 0.6 is 0 Å². The summed E-state index contributed by atoms with van der Waals surface area (Å²) in [4.78, 5) is 36.6. The van der Waals surface area contributed by atoms with Gasteiger partial charge in [-0.1, -0.05) is 39.0 Å². The van der Waals surface area contributed by atoms with E-state index in [1.165, 1.54) is 14.2 Å². The fourth-order valence-electron chi connectivity index (χ4n) is 3.53. The lowest BCUT2D eigenvalue weighted by molar-refractivity contribution is -0.143. The quantitative estimate of drug-likeness (QED) is 0.448. The lowest BCUT2D eigenvalue weighted by Gasteiger charge is -2.25. The van der Waals surface area contributed by atoms with Crippen molar-refractivity contribution in [3.63, 3.8) is 0 Å². The number of phenolic OH excluding ortho intramolecular Hbond substituents is 1. The SMILES string of the molecule is COC(=O)c1ccc(-c2cc(CC(NC(=O)OC(C)(C)C)C(=O)OC)cc(C(C)(C)C)c2O)cc1. The van der Waals surface area contributed by atoms with Crippen LogP contribution in [-0.4, -0.2) is 49.0 Å². The Morgan fingerprint density at radius 3 is 2.03 bits per heavy atom. The number of rotatable bonds is 6. The Hall–Kier alpha value is -3.55. The standard InChI is InChI=1S/C27H35NO7/c1-26(2,3)20-14-16(15-21(24(31)34-8)28-25(32)35-27(4,5)6)13-19(22(20)29)17-9-11-18(12-10-17)23(30)33-7/h9-14,21,29H,15H2,1-8H3,(H,28,32). The van der Waals surface area contributed by atoms with Gasteiger partial charge < -0.3 is 24.6 Å². The van der Waals surface area contributed by atoms with Crippen LogP contribution in [0.15, 0.2) is 36.4 Å². The van der Waals surface area contributed by atoms with Crippen molar-refractivity contribution in [2.24, 2.45) is 0 Å². The molecule has 0 radical (unpaired) electrons. The highest BCUT2D eigenvalue weighted by molar-refractivity contribution is 5.90. The molecule has 8 heteroatoms. The molecule has 0 spiro atoms. The molecular weight excluding hydrogens is 450 g/mol. The number of phenols is 1. The minimum absolute atomic E-state index is 0.0989. The summed E-state index contributed by atoms with van der Waals surface area (Å²) in [5.74, 6) is -0.981. The molecule has 0 aromatic heterocycles. The van der Waals surface area contributed by atoms with Crippen LogP contribution in [0.25, 0.3) is 11.1 Å². The average molecular weight is 486 g/mol. The topological polar surface area (TPSA) is 111 Å². The van der Waals surface area contributed by atoms with Gasteiger partial charge >= 0.3 is 18.0 Å². The Bertz CT molecular complexity index is 1080. The van der Waals surface area contributed by atoms with E-state index in [2.05, 4.69) is 5.32 Å². The van der Waals surface area contributed by atoms with Crippen LogP contribution in [0.3, 0.4) is 0 Å². The minimum Gasteiger partial charge on any atom is -0.507 e. The number of aromatic hydroxyl groups is 1. The molecule has 0 aliphatic heterocycles. The lowest BCUT2D eigenvalue weighted by Crippen LogP contribution is -2.45. The second-order valence-electron chi connectivity index (χ2n) is 10.3. The van der Waals surface area contributed by atoms with Gasteiger partial charge in [-0.15, -0.1) is 0 Å². The van der Waals surface area contributed by atoms with Crippen LogP contribution in [0.5, 0.6) is 5.75 Å². The number of esters is 2. The van der Waals surface area contributed by atoms with Gasteiger partial charge in [-0.2, -0.15) is 0 Å². The smallest absolute Gasteiger partial charge is 0.408 e. The zero-order valence-corrected chi connectivity index (χ0v) is 21.6. The summed E-state index contributed by atoms with van der Waals surface area (Å²) in [6, 6.07) is 9.24. The van der Waals surface area contributed by atoms with Gasteiger partial charge in [0.05, 0.1) is 19.8 Å². The van der Waals surface area contributed by atoms with Crippen LogP contribution in [-0.2, 0) is 30.8 Å². The second kappa shape index (κ2) is 10.8. The molecule has 190 valence electrons. The molecule has 1 amide bonds. The Morgan fingerprint density at radius 2 is 1.54 bits per heavy atom. The first-order chi connectivity index (χ1) is 16.2. The third-order valence-electron chi connectivity index (χ3n) is 5.21. The van der Waals surface area contributed by atoms with Gasteiger partial charge in [0.15, 0.2) is 0 Å². The zero-order valence-electron chi connectivity index (χ0n) is 21.6. The molecule has 0 aliphatic carbocycles. The fourth-order valence-corrected chi connectivity index (χ4v) is 3.53. The maximum absolute atomic E-state index is 12.5. The molecule has 0 aliphatic rings. The number of benzene rings is 2. The van der Waals surface area contributed by atoms with Gasteiger partial charge in [-0.05, 0) is 55.5 Å². The highest BCUT2D eigenvalue weighted by atomic mass is 16.6. The van der Waals surface area contributed by atoms with Crippen LogP contribution in [0.4, 0.5) is 4.79 Å². The monoisotopic (exact) mass is 485 g/mol. The average Bonchev–Trinajstić information content (AvgIpc) is 2.76. The molecule has 1 atom stereocenters. The first kappa shape index (κ1) is 27.7. The Balaban J connectivity index is 2.51. The summed E-state index contributed by atoms with van der Waals surface area (Å²) in [6.45, 7) is 11.1. The number of amides is 1. The highest BCUT2D eigenvalue weighted by Gasteiger charge is 2.28. The summed E-state index contributed by atoms with van der Waals surface area (Å²) in [5, 5.41) is 13.7.